The molecule has 1 N–H and O–H groups in total. The third kappa shape index (κ3) is 3.91. The molecular weight excluding hydrogens is 476 g/mol. The fourth-order valence-corrected chi connectivity index (χ4v) is 4.80. The number of halogens is 1. The number of fused-ring (bicyclic) bond motifs is 3. The average Bonchev–Trinajstić information content (AvgIpc) is 3.11. The second kappa shape index (κ2) is 8.84. The van der Waals surface area contributed by atoms with E-state index in [9.17, 15) is 14.4 Å². The Bertz CT molecular complexity index is 1810. The summed E-state index contributed by atoms with van der Waals surface area (Å²) in [5.41, 5.74) is 4.59. The second-order valence-corrected chi connectivity index (χ2v) is 9.55. The van der Waals surface area contributed by atoms with E-state index in [-0.39, 0.29) is 12.5 Å². The van der Waals surface area contributed by atoms with Gasteiger partial charge >= 0.3 is 5.69 Å². The molecule has 0 saturated heterocycles. The third-order valence-corrected chi connectivity index (χ3v) is 6.82. The van der Waals surface area contributed by atoms with Gasteiger partial charge in [0.05, 0.1) is 16.7 Å². The first kappa shape index (κ1) is 23.6. The largest absolute Gasteiger partial charge is 0.338 e. The van der Waals surface area contributed by atoms with Crippen LogP contribution in [0.4, 0.5) is 5.69 Å². The first-order valence-corrected chi connectivity index (χ1v) is 11.9. The van der Waals surface area contributed by atoms with Gasteiger partial charge in [0.15, 0.2) is 0 Å². The SMILES string of the molecule is Cc1ccc2c(c1)c1c(c(=O)n(-c3cccc(Cl)c3)c(=O)n1CC(=O)Nc1ccc(C)c(C)c1)n2C. The van der Waals surface area contributed by atoms with Crippen molar-refractivity contribution in [3.05, 3.63) is 103 Å². The summed E-state index contributed by atoms with van der Waals surface area (Å²) < 4.78 is 4.21. The molecule has 2 heterocycles. The number of amides is 1. The van der Waals surface area contributed by atoms with E-state index in [2.05, 4.69) is 5.32 Å². The minimum Gasteiger partial charge on any atom is -0.338 e. The van der Waals surface area contributed by atoms with E-state index in [4.69, 9.17) is 11.6 Å². The normalized spacial score (nSPS) is 11.4. The lowest BCUT2D eigenvalue weighted by Crippen LogP contribution is -2.41. The lowest BCUT2D eigenvalue weighted by Gasteiger charge is -2.14. The molecule has 0 radical (unpaired) electrons. The number of carbonyl (C=O) groups is 1. The fourth-order valence-electron chi connectivity index (χ4n) is 4.62. The molecular formula is C28H25ClN4O3. The van der Waals surface area contributed by atoms with E-state index < -0.39 is 11.2 Å². The molecule has 0 aliphatic heterocycles. The Labute approximate surface area is 212 Å². The zero-order valence-corrected chi connectivity index (χ0v) is 21.2. The molecule has 2 aromatic heterocycles. The van der Waals surface area contributed by atoms with Gasteiger partial charge in [0.25, 0.3) is 5.56 Å². The molecule has 0 saturated carbocycles. The highest BCUT2D eigenvalue weighted by atomic mass is 35.5. The predicted molar refractivity (Wildman–Crippen MR) is 145 cm³/mol. The number of aryl methyl sites for hydroxylation is 4. The van der Waals surface area contributed by atoms with Crippen molar-refractivity contribution in [2.75, 3.05) is 5.32 Å². The van der Waals surface area contributed by atoms with Gasteiger partial charge in [-0.3, -0.25) is 14.2 Å². The molecule has 182 valence electrons. The van der Waals surface area contributed by atoms with E-state index in [0.717, 1.165) is 32.2 Å². The van der Waals surface area contributed by atoms with Crippen LogP contribution in [0.5, 0.6) is 0 Å². The number of carbonyl (C=O) groups excluding carboxylic acids is 1. The third-order valence-electron chi connectivity index (χ3n) is 6.58. The van der Waals surface area contributed by atoms with Gasteiger partial charge in [0.2, 0.25) is 5.91 Å². The van der Waals surface area contributed by atoms with Crippen LogP contribution in [0.25, 0.3) is 27.6 Å². The van der Waals surface area contributed by atoms with Gasteiger partial charge in [0.1, 0.15) is 12.1 Å². The molecule has 0 fully saturated rings. The first-order chi connectivity index (χ1) is 17.2. The van der Waals surface area contributed by atoms with Crippen LogP contribution in [-0.4, -0.2) is 19.6 Å². The maximum absolute atomic E-state index is 13.8. The van der Waals surface area contributed by atoms with E-state index in [1.165, 1.54) is 4.57 Å². The highest BCUT2D eigenvalue weighted by Crippen LogP contribution is 2.27. The van der Waals surface area contributed by atoms with Crippen molar-refractivity contribution in [3.63, 3.8) is 0 Å². The Hall–Kier alpha value is -4.10. The molecule has 0 atom stereocenters. The molecule has 0 unspecified atom stereocenters. The maximum Gasteiger partial charge on any atom is 0.336 e. The zero-order valence-electron chi connectivity index (χ0n) is 20.4. The molecule has 5 aromatic rings. The molecule has 7 nitrogen and oxygen atoms in total. The van der Waals surface area contributed by atoms with Crippen molar-refractivity contribution < 1.29 is 4.79 Å². The Morgan fingerprint density at radius 3 is 2.42 bits per heavy atom. The number of benzene rings is 3. The zero-order chi connectivity index (χ0) is 25.7. The Morgan fingerprint density at radius 1 is 0.917 bits per heavy atom. The number of hydrogen-bond donors (Lipinski definition) is 1. The van der Waals surface area contributed by atoms with Crippen LogP contribution < -0.4 is 16.6 Å². The van der Waals surface area contributed by atoms with Gasteiger partial charge in [0, 0.05) is 23.1 Å². The first-order valence-electron chi connectivity index (χ1n) is 11.5. The monoisotopic (exact) mass is 500 g/mol. The number of nitrogens with one attached hydrogen (secondary N) is 1. The summed E-state index contributed by atoms with van der Waals surface area (Å²) in [5, 5.41) is 4.01. The predicted octanol–water partition coefficient (Wildman–Crippen LogP) is 4.86. The quantitative estimate of drug-likeness (QED) is 0.383. The summed E-state index contributed by atoms with van der Waals surface area (Å²) in [6.45, 7) is 5.65. The lowest BCUT2D eigenvalue weighted by atomic mass is 10.1. The minimum absolute atomic E-state index is 0.268. The summed E-state index contributed by atoms with van der Waals surface area (Å²) in [6, 6.07) is 18.0. The molecule has 3 aromatic carbocycles. The van der Waals surface area contributed by atoms with E-state index in [1.54, 1.807) is 35.9 Å². The lowest BCUT2D eigenvalue weighted by molar-refractivity contribution is -0.116. The van der Waals surface area contributed by atoms with E-state index in [0.29, 0.717) is 27.4 Å². The highest BCUT2D eigenvalue weighted by molar-refractivity contribution is 6.30. The smallest absolute Gasteiger partial charge is 0.336 e. The summed E-state index contributed by atoms with van der Waals surface area (Å²) >= 11 is 6.18. The summed E-state index contributed by atoms with van der Waals surface area (Å²) in [5.74, 6) is -0.373. The summed E-state index contributed by atoms with van der Waals surface area (Å²) in [4.78, 5) is 40.7. The Kier molecular flexibility index (Phi) is 5.80. The highest BCUT2D eigenvalue weighted by Gasteiger charge is 2.22. The fraction of sp³-hybridized carbons (Fsp3) is 0.179. The molecule has 36 heavy (non-hydrogen) atoms. The topological polar surface area (TPSA) is 78.0 Å². The van der Waals surface area contributed by atoms with Crippen molar-refractivity contribution in [3.8, 4) is 5.69 Å². The summed E-state index contributed by atoms with van der Waals surface area (Å²) in [7, 11) is 1.79. The van der Waals surface area contributed by atoms with Gasteiger partial charge in [-0.15, -0.1) is 0 Å². The molecule has 0 bridgehead atoms. The van der Waals surface area contributed by atoms with Gasteiger partial charge in [-0.25, -0.2) is 9.36 Å². The van der Waals surface area contributed by atoms with Crippen LogP contribution in [-0.2, 0) is 18.4 Å². The van der Waals surface area contributed by atoms with Gasteiger partial charge in [-0.1, -0.05) is 35.4 Å². The number of anilines is 1. The molecule has 0 spiro atoms. The molecule has 1 amide bonds. The molecule has 5 rings (SSSR count). The van der Waals surface area contributed by atoms with Crippen LogP contribution >= 0.6 is 11.6 Å². The van der Waals surface area contributed by atoms with Gasteiger partial charge in [-0.2, -0.15) is 0 Å². The minimum atomic E-state index is -0.612. The Balaban J connectivity index is 1.76. The average molecular weight is 501 g/mol. The van der Waals surface area contributed by atoms with E-state index >= 15 is 0 Å². The van der Waals surface area contributed by atoms with Crippen LogP contribution in [0.15, 0.2) is 70.3 Å². The van der Waals surface area contributed by atoms with Crippen molar-refractivity contribution in [2.45, 2.75) is 27.3 Å². The Morgan fingerprint density at radius 2 is 1.69 bits per heavy atom. The second-order valence-electron chi connectivity index (χ2n) is 9.11. The number of nitrogens with zero attached hydrogens (tertiary/aromatic N) is 3. The summed E-state index contributed by atoms with van der Waals surface area (Å²) in [6.07, 6.45) is 0. The van der Waals surface area contributed by atoms with Crippen molar-refractivity contribution in [2.24, 2.45) is 7.05 Å². The van der Waals surface area contributed by atoms with Gasteiger partial charge in [-0.05, 0) is 74.4 Å². The number of aromatic nitrogens is 3. The molecule has 0 aliphatic carbocycles. The number of rotatable bonds is 4. The van der Waals surface area contributed by atoms with E-state index in [1.807, 2.05) is 57.2 Å². The van der Waals surface area contributed by atoms with Crippen LogP contribution in [0.1, 0.15) is 16.7 Å². The molecule has 0 aliphatic rings. The van der Waals surface area contributed by atoms with Crippen LogP contribution in [0, 0.1) is 20.8 Å². The van der Waals surface area contributed by atoms with Gasteiger partial charge < -0.3 is 9.88 Å². The van der Waals surface area contributed by atoms with Crippen molar-refractivity contribution in [1.29, 1.82) is 0 Å². The van der Waals surface area contributed by atoms with Crippen LogP contribution in [0.2, 0.25) is 5.02 Å². The van der Waals surface area contributed by atoms with Crippen molar-refractivity contribution >= 4 is 45.1 Å². The van der Waals surface area contributed by atoms with Crippen molar-refractivity contribution in [1.82, 2.24) is 13.7 Å². The molecule has 8 heteroatoms. The van der Waals surface area contributed by atoms with Crippen LogP contribution in [0.3, 0.4) is 0 Å². The standard InChI is InChI=1S/C28H25ClN4O3/c1-16-8-11-23-22(12-16)25-26(31(23)4)27(35)33(21-7-5-6-19(29)14-21)28(36)32(25)15-24(34)30-20-10-9-17(2)18(3)13-20/h5-14H,15H2,1-4H3,(H,30,34). The number of hydrogen-bond acceptors (Lipinski definition) is 3. The maximum atomic E-state index is 13.8.